The van der Waals surface area contributed by atoms with Crippen LogP contribution in [0, 0.1) is 5.82 Å². The Morgan fingerprint density at radius 2 is 1.83 bits per heavy atom. The van der Waals surface area contributed by atoms with Gasteiger partial charge < -0.3 is 10.6 Å². The van der Waals surface area contributed by atoms with E-state index in [4.69, 9.17) is 5.73 Å². The molecule has 1 unspecified atom stereocenters. The third-order valence-corrected chi connectivity index (χ3v) is 4.87. The van der Waals surface area contributed by atoms with Crippen LogP contribution < -0.4 is 5.73 Å². The van der Waals surface area contributed by atoms with Gasteiger partial charge in [-0.05, 0) is 29.2 Å². The molecule has 2 aromatic rings. The smallest absolute Gasteiger partial charge is 0.223 e. The number of nitrogens with zero attached hydrogens (tertiary/aromatic N) is 1. The Hall–Kier alpha value is -2.20. The van der Waals surface area contributed by atoms with Gasteiger partial charge in [0.25, 0.3) is 0 Å². The Kier molecular flexibility index (Phi) is 4.95. The summed E-state index contributed by atoms with van der Waals surface area (Å²) in [7, 11) is 0. The molecule has 24 heavy (non-hydrogen) atoms. The van der Waals surface area contributed by atoms with Gasteiger partial charge >= 0.3 is 0 Å². The zero-order chi connectivity index (χ0) is 17.1. The van der Waals surface area contributed by atoms with Crippen molar-refractivity contribution in [1.82, 2.24) is 4.90 Å². The van der Waals surface area contributed by atoms with Crippen LogP contribution in [-0.4, -0.2) is 29.9 Å². The number of carbonyl (C=O) groups is 1. The summed E-state index contributed by atoms with van der Waals surface area (Å²) in [5.74, 6) is 0.107. The van der Waals surface area contributed by atoms with E-state index in [0.29, 0.717) is 19.5 Å². The summed E-state index contributed by atoms with van der Waals surface area (Å²) >= 11 is 0. The second kappa shape index (κ2) is 7.14. The van der Waals surface area contributed by atoms with Crippen LogP contribution >= 0.6 is 0 Å². The molecule has 3 nitrogen and oxygen atoms in total. The lowest BCUT2D eigenvalue weighted by Crippen LogP contribution is -2.32. The van der Waals surface area contributed by atoms with Gasteiger partial charge in [-0.15, -0.1) is 0 Å². The molecule has 126 valence electrons. The Balaban J connectivity index is 1.62. The van der Waals surface area contributed by atoms with E-state index >= 15 is 0 Å². The maximum Gasteiger partial charge on any atom is 0.223 e. The highest BCUT2D eigenvalue weighted by Gasteiger charge is 2.34. The number of carbonyl (C=O) groups excluding carboxylic acids is 1. The Morgan fingerprint density at radius 1 is 1.17 bits per heavy atom. The lowest BCUT2D eigenvalue weighted by atomic mass is 9.95. The Morgan fingerprint density at radius 3 is 2.50 bits per heavy atom. The standard InChI is InChI=1S/C20H23FN2O/c1-14(15-7-9-17(21)10-8-15)11-20(24)23-12-18(19(22)13-23)16-5-3-2-4-6-16/h2-10,14,18-19H,11-13,22H2,1H3/t14?,18-,19+/m0/s1. The van der Waals surface area contributed by atoms with Crippen molar-refractivity contribution in [2.24, 2.45) is 5.73 Å². The van der Waals surface area contributed by atoms with Crippen molar-refractivity contribution >= 4 is 5.91 Å². The number of amides is 1. The van der Waals surface area contributed by atoms with Gasteiger partial charge in [-0.1, -0.05) is 49.4 Å². The van der Waals surface area contributed by atoms with Crippen LogP contribution in [0.3, 0.4) is 0 Å². The first-order valence-electron chi connectivity index (χ1n) is 8.38. The third-order valence-electron chi connectivity index (χ3n) is 4.87. The van der Waals surface area contributed by atoms with E-state index in [1.54, 1.807) is 12.1 Å². The number of likely N-dealkylation sites (tertiary alicyclic amines) is 1. The van der Waals surface area contributed by atoms with E-state index in [-0.39, 0.29) is 29.6 Å². The molecule has 1 aliphatic heterocycles. The van der Waals surface area contributed by atoms with E-state index in [0.717, 1.165) is 5.56 Å². The fourth-order valence-corrected chi connectivity index (χ4v) is 3.39. The second-order valence-electron chi connectivity index (χ2n) is 6.64. The molecule has 0 radical (unpaired) electrons. The molecular weight excluding hydrogens is 303 g/mol. The fourth-order valence-electron chi connectivity index (χ4n) is 3.39. The molecule has 2 aromatic carbocycles. The summed E-state index contributed by atoms with van der Waals surface area (Å²) in [5.41, 5.74) is 8.43. The summed E-state index contributed by atoms with van der Waals surface area (Å²) < 4.78 is 13.0. The van der Waals surface area contributed by atoms with Crippen molar-refractivity contribution in [1.29, 1.82) is 0 Å². The number of halogens is 1. The van der Waals surface area contributed by atoms with Gasteiger partial charge in [0.2, 0.25) is 5.91 Å². The van der Waals surface area contributed by atoms with E-state index in [1.165, 1.54) is 17.7 Å². The van der Waals surface area contributed by atoms with E-state index in [2.05, 4.69) is 12.1 Å². The minimum Gasteiger partial charge on any atom is -0.340 e. The number of benzene rings is 2. The fraction of sp³-hybridized carbons (Fsp3) is 0.350. The molecule has 1 saturated heterocycles. The summed E-state index contributed by atoms with van der Waals surface area (Å²) in [6.45, 7) is 3.25. The molecule has 3 rings (SSSR count). The summed E-state index contributed by atoms with van der Waals surface area (Å²) in [6, 6.07) is 16.5. The maximum atomic E-state index is 13.0. The quantitative estimate of drug-likeness (QED) is 0.937. The topological polar surface area (TPSA) is 46.3 Å². The molecule has 1 fully saturated rings. The average Bonchev–Trinajstić information content (AvgIpc) is 2.98. The molecule has 0 saturated carbocycles. The Bertz CT molecular complexity index is 687. The maximum absolute atomic E-state index is 13.0. The van der Waals surface area contributed by atoms with Crippen LogP contribution in [0.2, 0.25) is 0 Å². The first kappa shape index (κ1) is 16.7. The van der Waals surface area contributed by atoms with Crippen molar-refractivity contribution in [2.45, 2.75) is 31.2 Å². The molecule has 0 aliphatic carbocycles. The molecule has 4 heteroatoms. The largest absolute Gasteiger partial charge is 0.340 e. The molecular formula is C20H23FN2O. The lowest BCUT2D eigenvalue weighted by Gasteiger charge is -2.19. The first-order chi connectivity index (χ1) is 11.5. The molecule has 2 N–H and O–H groups in total. The lowest BCUT2D eigenvalue weighted by molar-refractivity contribution is -0.130. The van der Waals surface area contributed by atoms with Gasteiger partial charge in [-0.25, -0.2) is 4.39 Å². The van der Waals surface area contributed by atoms with Crippen LogP contribution in [-0.2, 0) is 4.79 Å². The van der Waals surface area contributed by atoms with Crippen LogP contribution in [0.25, 0.3) is 0 Å². The minimum absolute atomic E-state index is 0.0301. The third kappa shape index (κ3) is 3.65. The average molecular weight is 326 g/mol. The summed E-state index contributed by atoms with van der Waals surface area (Å²) in [4.78, 5) is 14.5. The number of hydrogen-bond donors (Lipinski definition) is 1. The number of nitrogens with two attached hydrogens (primary N) is 1. The van der Waals surface area contributed by atoms with Crippen LogP contribution in [0.4, 0.5) is 4.39 Å². The highest BCUT2D eigenvalue weighted by molar-refractivity contribution is 5.77. The first-order valence-corrected chi connectivity index (χ1v) is 8.38. The normalized spacial score (nSPS) is 21.7. The zero-order valence-electron chi connectivity index (χ0n) is 13.9. The van der Waals surface area contributed by atoms with Crippen molar-refractivity contribution in [3.63, 3.8) is 0 Å². The molecule has 3 atom stereocenters. The van der Waals surface area contributed by atoms with E-state index in [9.17, 15) is 9.18 Å². The zero-order valence-corrected chi connectivity index (χ0v) is 13.9. The summed E-state index contributed by atoms with van der Waals surface area (Å²) in [6.07, 6.45) is 0.417. The molecule has 0 bridgehead atoms. The van der Waals surface area contributed by atoms with Gasteiger partial charge in [0.15, 0.2) is 0 Å². The van der Waals surface area contributed by atoms with Crippen LogP contribution in [0.5, 0.6) is 0 Å². The van der Waals surface area contributed by atoms with Gasteiger partial charge in [0.05, 0.1) is 0 Å². The van der Waals surface area contributed by atoms with Gasteiger partial charge in [0, 0.05) is 31.5 Å². The van der Waals surface area contributed by atoms with Crippen LogP contribution in [0.1, 0.15) is 36.3 Å². The van der Waals surface area contributed by atoms with E-state index in [1.807, 2.05) is 30.0 Å². The number of hydrogen-bond acceptors (Lipinski definition) is 2. The molecule has 0 spiro atoms. The SMILES string of the molecule is CC(CC(=O)N1C[C@@H](N)[C@H](c2ccccc2)C1)c1ccc(F)cc1. The van der Waals surface area contributed by atoms with Gasteiger partial charge in [-0.2, -0.15) is 0 Å². The van der Waals surface area contributed by atoms with Crippen molar-refractivity contribution in [3.8, 4) is 0 Å². The van der Waals surface area contributed by atoms with Crippen molar-refractivity contribution in [2.75, 3.05) is 13.1 Å². The minimum atomic E-state index is -0.256. The molecule has 1 amide bonds. The van der Waals surface area contributed by atoms with Crippen LogP contribution in [0.15, 0.2) is 54.6 Å². The van der Waals surface area contributed by atoms with Crippen molar-refractivity contribution < 1.29 is 9.18 Å². The molecule has 1 heterocycles. The second-order valence-corrected chi connectivity index (χ2v) is 6.64. The van der Waals surface area contributed by atoms with E-state index < -0.39 is 0 Å². The Labute approximate surface area is 142 Å². The summed E-state index contributed by atoms with van der Waals surface area (Å²) in [5, 5.41) is 0. The molecule has 1 aliphatic rings. The van der Waals surface area contributed by atoms with Gasteiger partial charge in [0.1, 0.15) is 5.82 Å². The highest BCUT2D eigenvalue weighted by atomic mass is 19.1. The molecule has 0 aromatic heterocycles. The van der Waals surface area contributed by atoms with Crippen molar-refractivity contribution in [3.05, 3.63) is 71.5 Å². The predicted octanol–water partition coefficient (Wildman–Crippen LogP) is 3.27. The monoisotopic (exact) mass is 326 g/mol. The number of rotatable bonds is 4. The van der Waals surface area contributed by atoms with Gasteiger partial charge in [-0.3, -0.25) is 4.79 Å². The predicted molar refractivity (Wildman–Crippen MR) is 93.2 cm³/mol. The highest BCUT2D eigenvalue weighted by Crippen LogP contribution is 2.28.